The molecule has 19 heavy (non-hydrogen) atoms. The quantitative estimate of drug-likeness (QED) is 0.883. The van der Waals surface area contributed by atoms with Crippen molar-refractivity contribution < 1.29 is 9.18 Å². The zero-order valence-corrected chi connectivity index (χ0v) is 11.0. The van der Waals surface area contributed by atoms with E-state index in [1.165, 1.54) is 12.1 Å². The second kappa shape index (κ2) is 4.93. The number of hydrogen-bond acceptors (Lipinski definition) is 2. The molecule has 4 heteroatoms. The molecule has 1 atom stereocenters. The molecular formula is C15H19FN2O. The second-order valence-corrected chi connectivity index (χ2v) is 5.67. The van der Waals surface area contributed by atoms with Gasteiger partial charge in [0.2, 0.25) is 5.91 Å². The van der Waals surface area contributed by atoms with Crippen molar-refractivity contribution in [3.63, 3.8) is 0 Å². The number of nitrogens with zero attached hydrogens (tertiary/aromatic N) is 1. The van der Waals surface area contributed by atoms with E-state index in [-0.39, 0.29) is 17.1 Å². The first-order valence-corrected chi connectivity index (χ1v) is 6.94. The molecule has 1 N–H and O–H groups in total. The van der Waals surface area contributed by atoms with Gasteiger partial charge in [0, 0.05) is 19.6 Å². The molecule has 0 unspecified atom stereocenters. The maximum Gasteiger partial charge on any atom is 0.230 e. The lowest BCUT2D eigenvalue weighted by Crippen LogP contribution is -2.45. The van der Waals surface area contributed by atoms with Crippen molar-refractivity contribution in [3.8, 4) is 0 Å². The molecule has 3 rings (SSSR count). The van der Waals surface area contributed by atoms with Crippen molar-refractivity contribution in [2.75, 3.05) is 19.6 Å². The van der Waals surface area contributed by atoms with Gasteiger partial charge in [-0.3, -0.25) is 4.79 Å². The van der Waals surface area contributed by atoms with Gasteiger partial charge in [0.1, 0.15) is 5.82 Å². The molecule has 3 nitrogen and oxygen atoms in total. The number of hydrogen-bond donors (Lipinski definition) is 1. The van der Waals surface area contributed by atoms with Gasteiger partial charge in [-0.25, -0.2) is 4.39 Å². The van der Waals surface area contributed by atoms with Crippen LogP contribution in [0.25, 0.3) is 0 Å². The highest BCUT2D eigenvalue weighted by Gasteiger charge is 2.46. The Balaban J connectivity index is 1.72. The van der Waals surface area contributed by atoms with Crippen LogP contribution in [-0.4, -0.2) is 30.4 Å². The first-order valence-electron chi connectivity index (χ1n) is 6.94. The van der Waals surface area contributed by atoms with Gasteiger partial charge in [0.25, 0.3) is 0 Å². The van der Waals surface area contributed by atoms with Crippen LogP contribution in [0, 0.1) is 11.2 Å². The molecule has 0 saturated carbocycles. The van der Waals surface area contributed by atoms with Crippen LogP contribution >= 0.6 is 0 Å². The maximum atomic E-state index is 13.2. The van der Waals surface area contributed by atoms with Gasteiger partial charge < -0.3 is 10.2 Å². The molecule has 2 fully saturated rings. The molecule has 0 aromatic heterocycles. The fraction of sp³-hybridized carbons (Fsp3) is 0.533. The Hall–Kier alpha value is -1.42. The molecule has 1 aromatic rings. The molecule has 0 bridgehead atoms. The highest BCUT2D eigenvalue weighted by atomic mass is 19.1. The molecule has 1 amide bonds. The third-order valence-corrected chi connectivity index (χ3v) is 4.34. The molecule has 102 valence electrons. The van der Waals surface area contributed by atoms with Crippen LogP contribution in [0.5, 0.6) is 0 Å². The summed E-state index contributed by atoms with van der Waals surface area (Å²) in [5.41, 5.74) is 0.681. The molecule has 0 radical (unpaired) electrons. The van der Waals surface area contributed by atoms with Gasteiger partial charge in [-0.2, -0.15) is 0 Å². The Morgan fingerprint density at radius 3 is 3.00 bits per heavy atom. The van der Waals surface area contributed by atoms with Crippen LogP contribution in [-0.2, 0) is 11.3 Å². The molecule has 0 aliphatic carbocycles. The summed E-state index contributed by atoms with van der Waals surface area (Å²) < 4.78 is 13.2. The average molecular weight is 262 g/mol. The van der Waals surface area contributed by atoms with E-state index in [0.29, 0.717) is 6.54 Å². The number of nitrogens with one attached hydrogen (secondary N) is 1. The lowest BCUT2D eigenvalue weighted by Gasteiger charge is -2.32. The van der Waals surface area contributed by atoms with Gasteiger partial charge in [0.15, 0.2) is 0 Å². The molecule has 1 aromatic carbocycles. The molecule has 2 aliphatic rings. The van der Waals surface area contributed by atoms with Crippen LogP contribution in [0.1, 0.15) is 24.8 Å². The minimum atomic E-state index is -0.238. The monoisotopic (exact) mass is 262 g/mol. The van der Waals surface area contributed by atoms with Gasteiger partial charge >= 0.3 is 0 Å². The summed E-state index contributed by atoms with van der Waals surface area (Å²) in [5, 5.41) is 3.33. The maximum absolute atomic E-state index is 13.2. The van der Waals surface area contributed by atoms with Gasteiger partial charge in [-0.05, 0) is 43.5 Å². The van der Waals surface area contributed by atoms with Crippen LogP contribution in [0.15, 0.2) is 24.3 Å². The van der Waals surface area contributed by atoms with E-state index in [9.17, 15) is 9.18 Å². The summed E-state index contributed by atoms with van der Waals surface area (Å²) >= 11 is 0. The summed E-state index contributed by atoms with van der Waals surface area (Å²) in [7, 11) is 0. The first kappa shape index (κ1) is 12.6. The van der Waals surface area contributed by atoms with Crippen molar-refractivity contribution in [1.82, 2.24) is 10.2 Å². The Kier molecular flexibility index (Phi) is 3.27. The van der Waals surface area contributed by atoms with Crippen molar-refractivity contribution in [3.05, 3.63) is 35.6 Å². The average Bonchev–Trinajstić information content (AvgIpc) is 2.70. The van der Waals surface area contributed by atoms with Crippen molar-refractivity contribution in [1.29, 1.82) is 0 Å². The summed E-state index contributed by atoms with van der Waals surface area (Å²) in [6.45, 7) is 3.12. The zero-order valence-electron chi connectivity index (χ0n) is 11.0. The summed E-state index contributed by atoms with van der Waals surface area (Å²) in [6, 6.07) is 6.52. The highest BCUT2D eigenvalue weighted by molar-refractivity contribution is 5.85. The second-order valence-electron chi connectivity index (χ2n) is 5.67. The molecule has 2 saturated heterocycles. The van der Waals surface area contributed by atoms with Crippen LogP contribution in [0.2, 0.25) is 0 Å². The van der Waals surface area contributed by atoms with Crippen molar-refractivity contribution in [2.24, 2.45) is 5.41 Å². The summed E-state index contributed by atoms with van der Waals surface area (Å²) in [4.78, 5) is 14.4. The van der Waals surface area contributed by atoms with E-state index in [4.69, 9.17) is 0 Å². The smallest absolute Gasteiger partial charge is 0.230 e. The first-order chi connectivity index (χ1) is 9.20. The van der Waals surface area contributed by atoms with Gasteiger partial charge in [0.05, 0.1) is 5.41 Å². The predicted octanol–water partition coefficient (Wildman–Crippen LogP) is 1.93. The van der Waals surface area contributed by atoms with E-state index < -0.39 is 0 Å². The third-order valence-electron chi connectivity index (χ3n) is 4.34. The van der Waals surface area contributed by atoms with E-state index in [1.807, 2.05) is 11.0 Å². The van der Waals surface area contributed by atoms with Gasteiger partial charge in [-0.15, -0.1) is 0 Å². The fourth-order valence-electron chi connectivity index (χ4n) is 3.26. The largest absolute Gasteiger partial charge is 0.338 e. The fourth-order valence-corrected chi connectivity index (χ4v) is 3.26. The van der Waals surface area contributed by atoms with Crippen LogP contribution < -0.4 is 5.32 Å². The van der Waals surface area contributed by atoms with Crippen LogP contribution in [0.3, 0.4) is 0 Å². The molecule has 2 aliphatic heterocycles. The highest BCUT2D eigenvalue weighted by Crippen LogP contribution is 2.38. The number of carbonyl (C=O) groups excluding carboxylic acids is 1. The number of halogens is 1. The summed E-state index contributed by atoms with van der Waals surface area (Å²) in [5.74, 6) is 0.00199. The number of carbonyl (C=O) groups is 1. The SMILES string of the molecule is O=C1N(Cc2cccc(F)c2)CC[C@@]12CCCNC2. The normalized spacial score (nSPS) is 27.2. The van der Waals surface area contributed by atoms with E-state index in [1.54, 1.807) is 6.07 Å². The number of amides is 1. The molecule has 2 heterocycles. The number of likely N-dealkylation sites (tertiary alicyclic amines) is 1. The zero-order chi connectivity index (χ0) is 13.3. The minimum Gasteiger partial charge on any atom is -0.338 e. The number of rotatable bonds is 2. The lowest BCUT2D eigenvalue weighted by atomic mass is 9.79. The third kappa shape index (κ3) is 2.37. The number of benzene rings is 1. The Labute approximate surface area is 112 Å². The number of piperidine rings is 1. The lowest BCUT2D eigenvalue weighted by molar-refractivity contribution is -0.137. The Morgan fingerprint density at radius 2 is 2.26 bits per heavy atom. The Bertz CT molecular complexity index is 483. The van der Waals surface area contributed by atoms with E-state index >= 15 is 0 Å². The topological polar surface area (TPSA) is 32.3 Å². The van der Waals surface area contributed by atoms with Crippen molar-refractivity contribution >= 4 is 5.91 Å². The van der Waals surface area contributed by atoms with E-state index in [2.05, 4.69) is 5.32 Å². The van der Waals surface area contributed by atoms with Gasteiger partial charge in [-0.1, -0.05) is 12.1 Å². The van der Waals surface area contributed by atoms with E-state index in [0.717, 1.165) is 44.5 Å². The minimum absolute atomic E-state index is 0.189. The Morgan fingerprint density at radius 1 is 1.37 bits per heavy atom. The molecule has 1 spiro atoms. The summed E-state index contributed by atoms with van der Waals surface area (Å²) in [6.07, 6.45) is 2.98. The molecular weight excluding hydrogens is 243 g/mol. The standard InChI is InChI=1S/C15H19FN2O/c16-13-4-1-3-12(9-13)10-18-8-6-15(14(18)19)5-2-7-17-11-15/h1,3-4,9,17H,2,5-8,10-11H2/t15-/m1/s1. The van der Waals surface area contributed by atoms with Crippen LogP contribution in [0.4, 0.5) is 4.39 Å². The predicted molar refractivity (Wildman–Crippen MR) is 71.0 cm³/mol. The van der Waals surface area contributed by atoms with Crippen molar-refractivity contribution in [2.45, 2.75) is 25.8 Å².